The maximum absolute atomic E-state index is 3.42. The Morgan fingerprint density at radius 2 is 1.56 bits per heavy atom. The molecule has 0 bridgehead atoms. The zero-order chi connectivity index (χ0) is 12.2. The second-order valence-electron chi connectivity index (χ2n) is 4.73. The molecule has 1 unspecified atom stereocenters. The van der Waals surface area contributed by atoms with Crippen LogP contribution in [0.2, 0.25) is 0 Å². The average molecular weight is 228 g/mol. The molecule has 0 saturated heterocycles. The van der Waals surface area contributed by atoms with Gasteiger partial charge >= 0.3 is 0 Å². The Kier molecular flexibility index (Phi) is 11.3. The molecule has 0 amide bonds. The van der Waals surface area contributed by atoms with Crippen molar-refractivity contribution in [1.29, 1.82) is 0 Å². The van der Waals surface area contributed by atoms with Crippen LogP contribution in [-0.2, 0) is 0 Å². The van der Waals surface area contributed by atoms with Crippen LogP contribution < -0.4 is 5.32 Å². The summed E-state index contributed by atoms with van der Waals surface area (Å²) in [5.41, 5.74) is 0. The van der Waals surface area contributed by atoms with Gasteiger partial charge in [-0.3, -0.25) is 0 Å². The van der Waals surface area contributed by atoms with E-state index in [0.29, 0.717) is 0 Å². The van der Waals surface area contributed by atoms with Crippen molar-refractivity contribution in [2.75, 3.05) is 26.2 Å². The fourth-order valence-corrected chi connectivity index (χ4v) is 1.95. The highest BCUT2D eigenvalue weighted by molar-refractivity contribution is 4.68. The first kappa shape index (κ1) is 15.9. The summed E-state index contributed by atoms with van der Waals surface area (Å²) in [6, 6.07) is 0.733. The van der Waals surface area contributed by atoms with Gasteiger partial charge in [-0.2, -0.15) is 0 Å². The second-order valence-corrected chi connectivity index (χ2v) is 4.73. The van der Waals surface area contributed by atoms with Crippen LogP contribution in [0.5, 0.6) is 0 Å². The summed E-state index contributed by atoms with van der Waals surface area (Å²) in [5, 5.41) is 3.42. The zero-order valence-electron chi connectivity index (χ0n) is 11.9. The third kappa shape index (κ3) is 8.12. The molecule has 16 heavy (non-hydrogen) atoms. The summed E-state index contributed by atoms with van der Waals surface area (Å²) in [7, 11) is 0. The quantitative estimate of drug-likeness (QED) is 0.546. The molecular formula is C14H32N2. The SMILES string of the molecule is CCCCN(CCCC)C(C)CCNCC. The molecule has 1 atom stereocenters. The van der Waals surface area contributed by atoms with E-state index < -0.39 is 0 Å². The molecule has 98 valence electrons. The number of hydrogen-bond donors (Lipinski definition) is 1. The molecule has 0 spiro atoms. The van der Waals surface area contributed by atoms with Crippen molar-refractivity contribution < 1.29 is 0 Å². The van der Waals surface area contributed by atoms with Gasteiger partial charge in [0.05, 0.1) is 0 Å². The zero-order valence-corrected chi connectivity index (χ0v) is 11.9. The highest BCUT2D eigenvalue weighted by Gasteiger charge is 2.11. The van der Waals surface area contributed by atoms with Gasteiger partial charge in [0.25, 0.3) is 0 Å². The predicted octanol–water partition coefficient (Wildman–Crippen LogP) is 3.28. The molecule has 0 aliphatic heterocycles. The van der Waals surface area contributed by atoms with Crippen LogP contribution in [0, 0.1) is 0 Å². The van der Waals surface area contributed by atoms with Crippen LogP contribution in [0.4, 0.5) is 0 Å². The summed E-state index contributed by atoms with van der Waals surface area (Å²) in [5.74, 6) is 0. The van der Waals surface area contributed by atoms with Gasteiger partial charge in [-0.25, -0.2) is 0 Å². The van der Waals surface area contributed by atoms with Crippen LogP contribution in [0.25, 0.3) is 0 Å². The Labute approximate surface area is 103 Å². The van der Waals surface area contributed by atoms with E-state index in [1.165, 1.54) is 45.2 Å². The van der Waals surface area contributed by atoms with Gasteiger partial charge in [-0.15, -0.1) is 0 Å². The maximum Gasteiger partial charge on any atom is 0.00790 e. The Morgan fingerprint density at radius 1 is 1.00 bits per heavy atom. The number of rotatable bonds is 11. The molecule has 0 fully saturated rings. The summed E-state index contributed by atoms with van der Waals surface area (Å²) >= 11 is 0. The highest BCUT2D eigenvalue weighted by atomic mass is 15.1. The maximum atomic E-state index is 3.42. The molecule has 0 aliphatic carbocycles. The largest absolute Gasteiger partial charge is 0.317 e. The molecule has 0 rings (SSSR count). The Hall–Kier alpha value is -0.0800. The summed E-state index contributed by atoms with van der Waals surface area (Å²) in [4.78, 5) is 2.67. The predicted molar refractivity (Wildman–Crippen MR) is 74.0 cm³/mol. The lowest BCUT2D eigenvalue weighted by molar-refractivity contribution is 0.193. The smallest absolute Gasteiger partial charge is 0.00790 e. The van der Waals surface area contributed by atoms with Gasteiger partial charge < -0.3 is 10.2 Å². The molecular weight excluding hydrogens is 196 g/mol. The molecule has 0 radical (unpaired) electrons. The number of nitrogens with one attached hydrogen (secondary N) is 1. The van der Waals surface area contributed by atoms with E-state index in [9.17, 15) is 0 Å². The normalized spacial score (nSPS) is 13.3. The molecule has 0 aliphatic rings. The fraction of sp³-hybridized carbons (Fsp3) is 1.00. The standard InChI is InChI=1S/C14H32N2/c1-5-8-12-16(13-9-6-2)14(4)10-11-15-7-3/h14-15H,5-13H2,1-4H3. The lowest BCUT2D eigenvalue weighted by Crippen LogP contribution is -2.36. The van der Waals surface area contributed by atoms with Crippen LogP contribution >= 0.6 is 0 Å². The van der Waals surface area contributed by atoms with Gasteiger partial charge in [-0.05, 0) is 52.4 Å². The molecule has 2 heteroatoms. The van der Waals surface area contributed by atoms with E-state index in [1.54, 1.807) is 0 Å². The van der Waals surface area contributed by atoms with Gasteiger partial charge in [0.1, 0.15) is 0 Å². The summed E-state index contributed by atoms with van der Waals surface area (Å²) < 4.78 is 0. The van der Waals surface area contributed by atoms with Crippen molar-refractivity contribution in [3.8, 4) is 0 Å². The van der Waals surface area contributed by atoms with Gasteiger partial charge in [0.2, 0.25) is 0 Å². The first-order valence-corrected chi connectivity index (χ1v) is 7.20. The monoisotopic (exact) mass is 228 g/mol. The van der Waals surface area contributed by atoms with Crippen LogP contribution in [0.15, 0.2) is 0 Å². The Bertz CT molecular complexity index is 129. The summed E-state index contributed by atoms with van der Waals surface area (Å²) in [6.45, 7) is 13.9. The van der Waals surface area contributed by atoms with Crippen LogP contribution in [0.1, 0.15) is 59.8 Å². The molecule has 0 aromatic carbocycles. The van der Waals surface area contributed by atoms with Crippen molar-refractivity contribution in [1.82, 2.24) is 10.2 Å². The van der Waals surface area contributed by atoms with Crippen molar-refractivity contribution >= 4 is 0 Å². The first-order chi connectivity index (χ1) is 7.76. The lowest BCUT2D eigenvalue weighted by atomic mass is 10.1. The van der Waals surface area contributed by atoms with Gasteiger partial charge in [-0.1, -0.05) is 33.6 Å². The second kappa shape index (κ2) is 11.4. The van der Waals surface area contributed by atoms with E-state index in [-0.39, 0.29) is 0 Å². The van der Waals surface area contributed by atoms with Crippen molar-refractivity contribution in [3.63, 3.8) is 0 Å². The Morgan fingerprint density at radius 3 is 2.00 bits per heavy atom. The van der Waals surface area contributed by atoms with Crippen molar-refractivity contribution in [2.45, 2.75) is 65.8 Å². The topological polar surface area (TPSA) is 15.3 Å². The van der Waals surface area contributed by atoms with Crippen molar-refractivity contribution in [3.05, 3.63) is 0 Å². The van der Waals surface area contributed by atoms with E-state index in [2.05, 4.69) is 37.9 Å². The van der Waals surface area contributed by atoms with E-state index in [1.807, 2.05) is 0 Å². The highest BCUT2D eigenvalue weighted by Crippen LogP contribution is 2.07. The lowest BCUT2D eigenvalue weighted by Gasteiger charge is -2.29. The number of hydrogen-bond acceptors (Lipinski definition) is 2. The third-order valence-corrected chi connectivity index (χ3v) is 3.21. The van der Waals surface area contributed by atoms with E-state index in [4.69, 9.17) is 0 Å². The van der Waals surface area contributed by atoms with Gasteiger partial charge in [0.15, 0.2) is 0 Å². The molecule has 0 saturated carbocycles. The first-order valence-electron chi connectivity index (χ1n) is 7.20. The summed E-state index contributed by atoms with van der Waals surface area (Å²) in [6.07, 6.45) is 6.58. The minimum Gasteiger partial charge on any atom is -0.317 e. The molecule has 0 aromatic heterocycles. The fourth-order valence-electron chi connectivity index (χ4n) is 1.95. The average Bonchev–Trinajstić information content (AvgIpc) is 2.29. The van der Waals surface area contributed by atoms with E-state index >= 15 is 0 Å². The number of nitrogens with zero attached hydrogens (tertiary/aromatic N) is 1. The Balaban J connectivity index is 3.83. The minimum atomic E-state index is 0.733. The van der Waals surface area contributed by atoms with Crippen LogP contribution in [-0.4, -0.2) is 37.1 Å². The number of unbranched alkanes of at least 4 members (excludes halogenated alkanes) is 2. The van der Waals surface area contributed by atoms with Gasteiger partial charge in [0, 0.05) is 6.04 Å². The minimum absolute atomic E-state index is 0.733. The van der Waals surface area contributed by atoms with Crippen LogP contribution in [0.3, 0.4) is 0 Å². The molecule has 1 N–H and O–H groups in total. The third-order valence-electron chi connectivity index (χ3n) is 3.21. The van der Waals surface area contributed by atoms with E-state index in [0.717, 1.165) is 19.1 Å². The molecule has 0 aromatic rings. The molecule has 2 nitrogen and oxygen atoms in total. The van der Waals surface area contributed by atoms with Crippen molar-refractivity contribution in [2.24, 2.45) is 0 Å². The molecule has 0 heterocycles.